The Morgan fingerprint density at radius 2 is 1.96 bits per heavy atom. The highest BCUT2D eigenvalue weighted by atomic mass is 16.2. The summed E-state index contributed by atoms with van der Waals surface area (Å²) in [5.41, 5.74) is 5.26. The maximum atomic E-state index is 13.3. The second-order valence-electron chi connectivity index (χ2n) is 8.73. The van der Waals surface area contributed by atoms with Crippen molar-refractivity contribution in [1.82, 2.24) is 30.0 Å². The lowest BCUT2D eigenvalue weighted by atomic mass is 9.78. The van der Waals surface area contributed by atoms with Gasteiger partial charge in [-0.25, -0.2) is 4.68 Å². The van der Waals surface area contributed by atoms with E-state index in [0.29, 0.717) is 13.1 Å². The molecule has 9 nitrogen and oxygen atoms in total. The van der Waals surface area contributed by atoms with E-state index in [2.05, 4.69) is 20.4 Å². The minimum absolute atomic E-state index is 0.0223. The minimum Gasteiger partial charge on any atom is -0.367 e. The molecule has 3 fully saturated rings. The molecule has 3 aliphatic rings. The van der Waals surface area contributed by atoms with Crippen LogP contribution in [0.25, 0.3) is 0 Å². The third-order valence-electron chi connectivity index (χ3n) is 6.91. The number of rotatable bonds is 5. The number of nitrogens with zero attached hydrogens (tertiary/aromatic N) is 6. The molecule has 28 heavy (non-hydrogen) atoms. The molecular formula is C19H31N7O2. The van der Waals surface area contributed by atoms with Gasteiger partial charge in [0.2, 0.25) is 17.8 Å². The molecule has 1 spiro atoms. The van der Waals surface area contributed by atoms with Gasteiger partial charge < -0.3 is 15.5 Å². The second-order valence-corrected chi connectivity index (χ2v) is 8.73. The fraction of sp³-hybridized carbons (Fsp3) is 0.842. The van der Waals surface area contributed by atoms with Crippen molar-refractivity contribution in [2.45, 2.75) is 64.3 Å². The first-order valence-electron chi connectivity index (χ1n) is 10.7. The van der Waals surface area contributed by atoms with E-state index in [4.69, 9.17) is 5.73 Å². The molecule has 9 heteroatoms. The number of likely N-dealkylation sites (tertiary alicyclic amines) is 2. The molecule has 3 heterocycles. The number of hydrogen-bond donors (Lipinski definition) is 1. The molecule has 2 aliphatic heterocycles. The normalized spacial score (nSPS) is 26.4. The Hall–Kier alpha value is -2.19. The molecule has 4 rings (SSSR count). The number of aromatic nitrogens is 4. The molecule has 0 bridgehead atoms. The van der Waals surface area contributed by atoms with Gasteiger partial charge in [-0.1, -0.05) is 37.2 Å². The van der Waals surface area contributed by atoms with Crippen LogP contribution in [0.2, 0.25) is 0 Å². The van der Waals surface area contributed by atoms with E-state index in [1.165, 1.54) is 36.8 Å². The predicted octanol–water partition coefficient (Wildman–Crippen LogP) is 1.07. The highest BCUT2D eigenvalue weighted by Gasteiger charge is 2.49. The zero-order valence-electron chi connectivity index (χ0n) is 16.6. The van der Waals surface area contributed by atoms with Crippen LogP contribution >= 0.6 is 0 Å². The van der Waals surface area contributed by atoms with Gasteiger partial charge in [-0.2, -0.15) is 0 Å². The number of hydrogen-bond acceptors (Lipinski definition) is 6. The van der Waals surface area contributed by atoms with Gasteiger partial charge in [0.1, 0.15) is 6.54 Å². The van der Waals surface area contributed by atoms with Crippen LogP contribution in [0.3, 0.4) is 0 Å². The topological polar surface area (TPSA) is 110 Å². The van der Waals surface area contributed by atoms with Crippen LogP contribution in [0.1, 0.15) is 57.8 Å². The summed E-state index contributed by atoms with van der Waals surface area (Å²) < 4.78 is 1.30. The fourth-order valence-electron chi connectivity index (χ4n) is 5.20. The Labute approximate surface area is 165 Å². The van der Waals surface area contributed by atoms with Gasteiger partial charge in [0.15, 0.2) is 0 Å². The summed E-state index contributed by atoms with van der Waals surface area (Å²) in [7, 11) is 0. The summed E-state index contributed by atoms with van der Waals surface area (Å²) in [6.07, 6.45) is 10.5. The van der Waals surface area contributed by atoms with E-state index in [1.807, 2.05) is 0 Å². The Kier molecular flexibility index (Phi) is 5.50. The molecule has 0 unspecified atom stereocenters. The van der Waals surface area contributed by atoms with Crippen LogP contribution in [-0.2, 0) is 16.1 Å². The molecule has 2 N–H and O–H groups in total. The van der Waals surface area contributed by atoms with E-state index < -0.39 is 5.41 Å². The average molecular weight is 390 g/mol. The molecule has 1 aromatic heterocycles. The summed E-state index contributed by atoms with van der Waals surface area (Å²) in [5.74, 6) is 1.09. The van der Waals surface area contributed by atoms with Crippen molar-refractivity contribution in [3.05, 3.63) is 0 Å². The van der Waals surface area contributed by atoms with Crippen molar-refractivity contribution in [3.63, 3.8) is 0 Å². The minimum atomic E-state index is -0.396. The Balaban J connectivity index is 1.34. The molecule has 0 radical (unpaired) electrons. The summed E-state index contributed by atoms with van der Waals surface area (Å²) in [6.45, 7) is 2.88. The van der Waals surface area contributed by atoms with Crippen molar-refractivity contribution in [2.75, 3.05) is 31.9 Å². The van der Waals surface area contributed by atoms with E-state index in [-0.39, 0.29) is 24.3 Å². The Morgan fingerprint density at radius 1 is 1.14 bits per heavy atom. The highest BCUT2D eigenvalue weighted by molar-refractivity contribution is 5.86. The first kappa shape index (κ1) is 19.1. The number of nitrogen functional groups attached to an aromatic ring is 1. The highest BCUT2D eigenvalue weighted by Crippen LogP contribution is 2.40. The SMILES string of the molecule is Nc1nnnn1CC(=O)N1CC[C@]2(CCCN(CCC3CCCCC3)C2=O)C1. The van der Waals surface area contributed by atoms with Crippen LogP contribution in [0.4, 0.5) is 5.95 Å². The number of piperidine rings is 1. The zero-order valence-corrected chi connectivity index (χ0v) is 16.6. The lowest BCUT2D eigenvalue weighted by Crippen LogP contribution is -2.51. The number of nitrogens with two attached hydrogens (primary N) is 1. The number of carbonyl (C=O) groups is 2. The van der Waals surface area contributed by atoms with Gasteiger partial charge in [-0.05, 0) is 42.0 Å². The lowest BCUT2D eigenvalue weighted by molar-refractivity contribution is -0.146. The average Bonchev–Trinajstić information content (AvgIpc) is 3.31. The van der Waals surface area contributed by atoms with Crippen LogP contribution in [-0.4, -0.2) is 68.0 Å². The Bertz CT molecular complexity index is 715. The molecule has 154 valence electrons. The van der Waals surface area contributed by atoms with Gasteiger partial charge in [0.05, 0.1) is 5.41 Å². The van der Waals surface area contributed by atoms with Crippen LogP contribution < -0.4 is 5.73 Å². The van der Waals surface area contributed by atoms with Crippen molar-refractivity contribution in [3.8, 4) is 0 Å². The first-order chi connectivity index (χ1) is 13.6. The smallest absolute Gasteiger partial charge is 0.244 e. The second kappa shape index (κ2) is 8.05. The maximum absolute atomic E-state index is 13.3. The largest absolute Gasteiger partial charge is 0.367 e. The zero-order chi connectivity index (χ0) is 19.6. The quantitative estimate of drug-likeness (QED) is 0.806. The molecule has 1 atom stereocenters. The van der Waals surface area contributed by atoms with Crippen LogP contribution in [0.5, 0.6) is 0 Å². The summed E-state index contributed by atoms with van der Waals surface area (Å²) in [6, 6.07) is 0. The van der Waals surface area contributed by atoms with Gasteiger partial charge in [0.25, 0.3) is 0 Å². The Morgan fingerprint density at radius 3 is 2.71 bits per heavy atom. The number of carbonyl (C=O) groups excluding carboxylic acids is 2. The first-order valence-corrected chi connectivity index (χ1v) is 10.7. The molecule has 2 saturated heterocycles. The number of tetrazole rings is 1. The molecule has 1 aliphatic carbocycles. The van der Waals surface area contributed by atoms with E-state index in [9.17, 15) is 9.59 Å². The van der Waals surface area contributed by atoms with Crippen molar-refractivity contribution < 1.29 is 9.59 Å². The van der Waals surface area contributed by atoms with E-state index in [0.717, 1.165) is 44.7 Å². The van der Waals surface area contributed by atoms with Crippen molar-refractivity contribution in [1.29, 1.82) is 0 Å². The van der Waals surface area contributed by atoms with E-state index >= 15 is 0 Å². The van der Waals surface area contributed by atoms with Crippen molar-refractivity contribution >= 4 is 17.8 Å². The maximum Gasteiger partial charge on any atom is 0.244 e. The lowest BCUT2D eigenvalue weighted by Gasteiger charge is -2.40. The standard InChI is InChI=1S/C19H31N7O2/c20-18-21-22-23-26(18)13-16(27)25-12-9-19(14-25)8-4-10-24(17(19)28)11-7-15-5-2-1-3-6-15/h15H,1-14H2,(H2,20,21,23)/t19-/m1/s1. The van der Waals surface area contributed by atoms with Gasteiger partial charge >= 0.3 is 0 Å². The summed E-state index contributed by atoms with van der Waals surface area (Å²) in [5, 5.41) is 10.8. The summed E-state index contributed by atoms with van der Waals surface area (Å²) in [4.78, 5) is 29.8. The van der Waals surface area contributed by atoms with Gasteiger partial charge in [0, 0.05) is 26.2 Å². The van der Waals surface area contributed by atoms with Gasteiger partial charge in [-0.15, -0.1) is 0 Å². The third-order valence-corrected chi connectivity index (χ3v) is 6.91. The molecule has 1 aromatic rings. The number of anilines is 1. The molecule has 0 aromatic carbocycles. The fourth-order valence-corrected chi connectivity index (χ4v) is 5.20. The van der Waals surface area contributed by atoms with Gasteiger partial charge in [-0.3, -0.25) is 9.59 Å². The monoisotopic (exact) mass is 389 g/mol. The summed E-state index contributed by atoms with van der Waals surface area (Å²) >= 11 is 0. The molecular weight excluding hydrogens is 358 g/mol. The van der Waals surface area contributed by atoms with Crippen molar-refractivity contribution in [2.24, 2.45) is 11.3 Å². The third kappa shape index (κ3) is 3.84. The predicted molar refractivity (Wildman–Crippen MR) is 103 cm³/mol. The van der Waals surface area contributed by atoms with Crippen LogP contribution in [0, 0.1) is 11.3 Å². The number of amides is 2. The molecule has 2 amide bonds. The molecule has 1 saturated carbocycles. The van der Waals surface area contributed by atoms with Crippen LogP contribution in [0.15, 0.2) is 0 Å². The van der Waals surface area contributed by atoms with E-state index in [1.54, 1.807) is 4.90 Å².